The van der Waals surface area contributed by atoms with Crippen molar-refractivity contribution in [3.8, 4) is 0 Å². The molecule has 1 aromatic heterocycles. The number of rotatable bonds is 4. The second-order valence-corrected chi connectivity index (χ2v) is 4.97. The third kappa shape index (κ3) is 3.08. The number of aromatic nitrogens is 2. The highest BCUT2D eigenvalue weighted by molar-refractivity contribution is 5.55. The number of anilines is 2. The Labute approximate surface area is 108 Å². The highest BCUT2D eigenvalue weighted by Gasteiger charge is 2.17. The summed E-state index contributed by atoms with van der Waals surface area (Å²) >= 11 is 0. The lowest BCUT2D eigenvalue weighted by Gasteiger charge is -2.29. The minimum atomic E-state index is 0.677. The average Bonchev–Trinajstić information content (AvgIpc) is 2.39. The first-order valence-electron chi connectivity index (χ1n) is 6.41. The lowest BCUT2D eigenvalue weighted by atomic mass is 9.97. The Hall–Kier alpha value is -1.40. The van der Waals surface area contributed by atoms with Crippen LogP contribution in [-0.2, 0) is 0 Å². The molecular weight excluding hydrogens is 228 g/mol. The molecule has 0 aromatic carbocycles. The number of hydrogen-bond acceptors (Lipinski definition) is 6. The lowest BCUT2D eigenvalue weighted by molar-refractivity contribution is 0.226. The summed E-state index contributed by atoms with van der Waals surface area (Å²) in [7, 11) is 2.18. The molecule has 0 atom stereocenters. The maximum atomic E-state index is 5.40. The standard InChI is InChI=1S/C12H22N6/c1-9-11(15-8-16-12(9)17-13)14-7-10-3-5-18(2)6-4-10/h8,10H,3-7,13H2,1-2H3,(H2,14,15,16,17). The minimum Gasteiger partial charge on any atom is -0.369 e. The van der Waals surface area contributed by atoms with Crippen molar-refractivity contribution in [3.63, 3.8) is 0 Å². The zero-order chi connectivity index (χ0) is 13.0. The van der Waals surface area contributed by atoms with E-state index in [1.165, 1.54) is 32.3 Å². The van der Waals surface area contributed by atoms with Crippen LogP contribution in [0.4, 0.5) is 11.6 Å². The van der Waals surface area contributed by atoms with Gasteiger partial charge < -0.3 is 15.6 Å². The molecule has 0 aliphatic carbocycles. The van der Waals surface area contributed by atoms with Gasteiger partial charge in [0.05, 0.1) is 0 Å². The van der Waals surface area contributed by atoms with E-state index in [1.807, 2.05) is 6.92 Å². The van der Waals surface area contributed by atoms with Crippen LogP contribution < -0.4 is 16.6 Å². The summed E-state index contributed by atoms with van der Waals surface area (Å²) in [4.78, 5) is 10.7. The van der Waals surface area contributed by atoms with Crippen LogP contribution in [0.5, 0.6) is 0 Å². The Balaban J connectivity index is 1.90. The summed E-state index contributed by atoms with van der Waals surface area (Å²) in [5, 5.41) is 3.41. The molecule has 4 N–H and O–H groups in total. The first kappa shape index (κ1) is 13.0. The molecule has 18 heavy (non-hydrogen) atoms. The van der Waals surface area contributed by atoms with E-state index in [-0.39, 0.29) is 0 Å². The molecule has 100 valence electrons. The first-order chi connectivity index (χ1) is 8.70. The van der Waals surface area contributed by atoms with Gasteiger partial charge in [-0.1, -0.05) is 0 Å². The number of piperidine rings is 1. The number of hydrazine groups is 1. The van der Waals surface area contributed by atoms with Gasteiger partial charge in [-0.3, -0.25) is 0 Å². The molecule has 2 rings (SSSR count). The summed E-state index contributed by atoms with van der Waals surface area (Å²) < 4.78 is 0. The van der Waals surface area contributed by atoms with Gasteiger partial charge in [-0.15, -0.1) is 0 Å². The Kier molecular flexibility index (Phi) is 4.33. The molecule has 1 aliphatic heterocycles. The Morgan fingerprint density at radius 3 is 2.67 bits per heavy atom. The van der Waals surface area contributed by atoms with Gasteiger partial charge in [0, 0.05) is 12.1 Å². The number of likely N-dealkylation sites (tertiary alicyclic amines) is 1. The van der Waals surface area contributed by atoms with Gasteiger partial charge in [-0.2, -0.15) is 0 Å². The number of nitrogens with one attached hydrogen (secondary N) is 2. The maximum absolute atomic E-state index is 5.40. The van der Waals surface area contributed by atoms with Crippen molar-refractivity contribution in [1.29, 1.82) is 0 Å². The van der Waals surface area contributed by atoms with Gasteiger partial charge in [0.25, 0.3) is 0 Å². The molecule has 6 heteroatoms. The van der Waals surface area contributed by atoms with Crippen molar-refractivity contribution in [2.24, 2.45) is 11.8 Å². The molecule has 2 heterocycles. The molecule has 0 saturated carbocycles. The molecule has 0 amide bonds. The number of nitrogens with two attached hydrogens (primary N) is 1. The summed E-state index contributed by atoms with van der Waals surface area (Å²) in [6.45, 7) is 5.30. The molecule has 1 saturated heterocycles. The quantitative estimate of drug-likeness (QED) is 0.542. The molecular formula is C12H22N6. The van der Waals surface area contributed by atoms with Crippen molar-refractivity contribution in [3.05, 3.63) is 11.9 Å². The van der Waals surface area contributed by atoms with Gasteiger partial charge in [-0.25, -0.2) is 15.8 Å². The Morgan fingerprint density at radius 1 is 1.33 bits per heavy atom. The fraction of sp³-hybridized carbons (Fsp3) is 0.667. The fourth-order valence-corrected chi connectivity index (χ4v) is 2.28. The van der Waals surface area contributed by atoms with E-state index in [0.717, 1.165) is 23.8 Å². The van der Waals surface area contributed by atoms with Crippen LogP contribution >= 0.6 is 0 Å². The highest BCUT2D eigenvalue weighted by atomic mass is 15.3. The summed E-state index contributed by atoms with van der Waals surface area (Å²) in [5.74, 6) is 7.68. The fourth-order valence-electron chi connectivity index (χ4n) is 2.28. The third-order valence-electron chi connectivity index (χ3n) is 3.62. The van der Waals surface area contributed by atoms with Gasteiger partial charge in [0.1, 0.15) is 18.0 Å². The van der Waals surface area contributed by atoms with Crippen molar-refractivity contribution in [1.82, 2.24) is 14.9 Å². The lowest BCUT2D eigenvalue weighted by Crippen LogP contribution is -2.33. The third-order valence-corrected chi connectivity index (χ3v) is 3.62. The molecule has 1 aromatic rings. The van der Waals surface area contributed by atoms with Crippen LogP contribution in [0.3, 0.4) is 0 Å². The average molecular weight is 250 g/mol. The minimum absolute atomic E-state index is 0.677. The Bertz CT molecular complexity index is 386. The van der Waals surface area contributed by atoms with Crippen LogP contribution in [-0.4, -0.2) is 41.5 Å². The van der Waals surface area contributed by atoms with Crippen molar-refractivity contribution in [2.45, 2.75) is 19.8 Å². The molecule has 1 fully saturated rings. The topological polar surface area (TPSA) is 79.1 Å². The smallest absolute Gasteiger partial charge is 0.148 e. The number of hydrogen-bond donors (Lipinski definition) is 3. The van der Waals surface area contributed by atoms with E-state index in [0.29, 0.717) is 5.82 Å². The number of nitrogens with zero attached hydrogens (tertiary/aromatic N) is 3. The van der Waals surface area contributed by atoms with Crippen LogP contribution in [0.15, 0.2) is 6.33 Å². The van der Waals surface area contributed by atoms with Crippen molar-refractivity contribution < 1.29 is 0 Å². The highest BCUT2D eigenvalue weighted by Crippen LogP contribution is 2.20. The summed E-state index contributed by atoms with van der Waals surface area (Å²) in [6, 6.07) is 0. The van der Waals surface area contributed by atoms with Crippen molar-refractivity contribution in [2.75, 3.05) is 37.4 Å². The van der Waals surface area contributed by atoms with E-state index >= 15 is 0 Å². The number of nitrogen functional groups attached to an aromatic ring is 1. The summed E-state index contributed by atoms with van der Waals surface area (Å²) in [6.07, 6.45) is 4.02. The second-order valence-electron chi connectivity index (χ2n) is 4.97. The van der Waals surface area contributed by atoms with Gasteiger partial charge >= 0.3 is 0 Å². The Morgan fingerprint density at radius 2 is 2.00 bits per heavy atom. The van der Waals surface area contributed by atoms with Crippen LogP contribution in [0.1, 0.15) is 18.4 Å². The zero-order valence-electron chi connectivity index (χ0n) is 11.1. The summed E-state index contributed by atoms with van der Waals surface area (Å²) in [5.41, 5.74) is 3.55. The van der Waals surface area contributed by atoms with Crippen molar-refractivity contribution >= 4 is 11.6 Å². The molecule has 0 bridgehead atoms. The monoisotopic (exact) mass is 250 g/mol. The predicted octanol–water partition coefficient (Wildman–Crippen LogP) is 0.824. The van der Waals surface area contributed by atoms with Crippen LogP contribution in [0.2, 0.25) is 0 Å². The van der Waals surface area contributed by atoms with E-state index in [4.69, 9.17) is 5.84 Å². The van der Waals surface area contributed by atoms with Crippen LogP contribution in [0.25, 0.3) is 0 Å². The van der Waals surface area contributed by atoms with E-state index in [1.54, 1.807) is 0 Å². The molecule has 0 radical (unpaired) electrons. The predicted molar refractivity (Wildman–Crippen MR) is 73.3 cm³/mol. The normalized spacial score (nSPS) is 17.7. The van der Waals surface area contributed by atoms with Gasteiger partial charge in [0.2, 0.25) is 0 Å². The van der Waals surface area contributed by atoms with Crippen LogP contribution in [0, 0.1) is 12.8 Å². The molecule has 0 spiro atoms. The molecule has 6 nitrogen and oxygen atoms in total. The zero-order valence-corrected chi connectivity index (χ0v) is 11.1. The van der Waals surface area contributed by atoms with E-state index < -0.39 is 0 Å². The largest absolute Gasteiger partial charge is 0.369 e. The first-order valence-corrected chi connectivity index (χ1v) is 6.41. The van der Waals surface area contributed by atoms with Gasteiger partial charge in [0.15, 0.2) is 0 Å². The second kappa shape index (κ2) is 5.97. The van der Waals surface area contributed by atoms with Gasteiger partial charge in [-0.05, 0) is 45.8 Å². The maximum Gasteiger partial charge on any atom is 0.148 e. The van der Waals surface area contributed by atoms with E-state index in [2.05, 4.69) is 32.7 Å². The SMILES string of the molecule is Cc1c(NN)ncnc1NCC1CCN(C)CC1. The van der Waals surface area contributed by atoms with E-state index in [9.17, 15) is 0 Å². The molecule has 0 unspecified atom stereocenters. The molecule has 1 aliphatic rings.